The molecule has 5 rings (SSSR count). The molecule has 7 heteroatoms. The Morgan fingerprint density at radius 1 is 0.438 bits per heavy atom. The normalized spacial score (nSPS) is 10.8. The maximum absolute atomic E-state index is 4.71. The lowest BCUT2D eigenvalue weighted by molar-refractivity contribution is 1.02. The first-order valence-corrected chi connectivity index (χ1v) is 10.2. The van der Waals surface area contributed by atoms with E-state index in [-0.39, 0.29) is 0 Å². The van der Waals surface area contributed by atoms with E-state index in [1.807, 2.05) is 80.6 Å². The standard InChI is InChI=1S/C25H19N7/c1-16-10-12-26-24(14-16)22-8-6-20(29-31-22)18-4-3-5-19(28-18)21-7-9-23(32-30-21)25-15-17(2)11-13-27-25/h3-15H,1-2H3. The topological polar surface area (TPSA) is 90.2 Å². The molecule has 0 atom stereocenters. The van der Waals surface area contributed by atoms with Gasteiger partial charge in [-0.05, 0) is 85.6 Å². The van der Waals surface area contributed by atoms with E-state index in [9.17, 15) is 0 Å². The molecule has 0 aromatic carbocycles. The predicted octanol–water partition coefficient (Wildman–Crippen LogP) is 4.74. The zero-order valence-corrected chi connectivity index (χ0v) is 17.6. The van der Waals surface area contributed by atoms with Crippen molar-refractivity contribution in [2.75, 3.05) is 0 Å². The van der Waals surface area contributed by atoms with Crippen LogP contribution in [0.4, 0.5) is 0 Å². The lowest BCUT2D eigenvalue weighted by Crippen LogP contribution is -1.97. The number of aryl methyl sites for hydroxylation is 2. The molecule has 5 aromatic rings. The van der Waals surface area contributed by atoms with Crippen LogP contribution >= 0.6 is 0 Å². The van der Waals surface area contributed by atoms with Crippen LogP contribution in [0.5, 0.6) is 0 Å². The molecular formula is C25H19N7. The van der Waals surface area contributed by atoms with Crippen molar-refractivity contribution in [1.82, 2.24) is 35.3 Å². The Bertz CT molecular complexity index is 1280. The fourth-order valence-corrected chi connectivity index (χ4v) is 3.28. The van der Waals surface area contributed by atoms with Gasteiger partial charge in [0.25, 0.3) is 0 Å². The van der Waals surface area contributed by atoms with Crippen LogP contribution in [0.1, 0.15) is 11.1 Å². The Morgan fingerprint density at radius 3 is 1.22 bits per heavy atom. The predicted molar refractivity (Wildman–Crippen MR) is 122 cm³/mol. The van der Waals surface area contributed by atoms with Gasteiger partial charge in [0.05, 0.1) is 22.8 Å². The molecule has 0 aliphatic rings. The van der Waals surface area contributed by atoms with Crippen molar-refractivity contribution < 1.29 is 0 Å². The summed E-state index contributed by atoms with van der Waals surface area (Å²) in [4.78, 5) is 13.4. The first kappa shape index (κ1) is 19.6. The van der Waals surface area contributed by atoms with Gasteiger partial charge >= 0.3 is 0 Å². The highest BCUT2D eigenvalue weighted by atomic mass is 15.1. The summed E-state index contributed by atoms with van der Waals surface area (Å²) >= 11 is 0. The maximum atomic E-state index is 4.71. The number of nitrogens with zero attached hydrogens (tertiary/aromatic N) is 7. The molecule has 0 spiro atoms. The quantitative estimate of drug-likeness (QED) is 0.417. The molecule has 0 aliphatic heterocycles. The first-order chi connectivity index (χ1) is 15.7. The zero-order chi connectivity index (χ0) is 21.9. The van der Waals surface area contributed by atoms with E-state index in [1.165, 1.54) is 0 Å². The van der Waals surface area contributed by atoms with Crippen LogP contribution in [-0.4, -0.2) is 35.3 Å². The second-order valence-electron chi connectivity index (χ2n) is 7.45. The van der Waals surface area contributed by atoms with Crippen molar-refractivity contribution in [2.45, 2.75) is 13.8 Å². The molecule has 0 bridgehead atoms. The van der Waals surface area contributed by atoms with Gasteiger partial charge in [-0.15, -0.1) is 20.4 Å². The molecule has 5 heterocycles. The van der Waals surface area contributed by atoms with E-state index in [2.05, 4.69) is 30.4 Å². The van der Waals surface area contributed by atoms with Gasteiger partial charge in [-0.2, -0.15) is 0 Å². The lowest BCUT2D eigenvalue weighted by atomic mass is 10.1. The van der Waals surface area contributed by atoms with Crippen molar-refractivity contribution >= 4 is 0 Å². The van der Waals surface area contributed by atoms with Gasteiger partial charge in [-0.1, -0.05) is 6.07 Å². The second-order valence-corrected chi connectivity index (χ2v) is 7.45. The summed E-state index contributed by atoms with van der Waals surface area (Å²) in [6, 6.07) is 21.2. The SMILES string of the molecule is Cc1ccnc(-c2ccc(-c3cccc(-c4ccc(-c5cc(C)ccn5)nn4)n3)nn2)c1. The molecule has 0 saturated heterocycles. The number of hydrogen-bond acceptors (Lipinski definition) is 7. The van der Waals surface area contributed by atoms with Crippen molar-refractivity contribution in [3.63, 3.8) is 0 Å². The van der Waals surface area contributed by atoms with Gasteiger partial charge in [0.1, 0.15) is 22.8 Å². The molecule has 0 N–H and O–H groups in total. The molecule has 0 amide bonds. The van der Waals surface area contributed by atoms with Crippen LogP contribution in [0, 0.1) is 13.8 Å². The van der Waals surface area contributed by atoms with E-state index in [0.717, 1.165) is 33.9 Å². The Balaban J connectivity index is 1.41. The smallest absolute Gasteiger partial charge is 0.111 e. The number of pyridine rings is 3. The third-order valence-corrected chi connectivity index (χ3v) is 4.96. The van der Waals surface area contributed by atoms with E-state index < -0.39 is 0 Å². The van der Waals surface area contributed by atoms with Gasteiger partial charge in [0.15, 0.2) is 0 Å². The van der Waals surface area contributed by atoms with Crippen LogP contribution in [0.2, 0.25) is 0 Å². The summed E-state index contributed by atoms with van der Waals surface area (Å²) in [6.07, 6.45) is 3.54. The largest absolute Gasteiger partial charge is 0.255 e. The first-order valence-electron chi connectivity index (χ1n) is 10.2. The van der Waals surface area contributed by atoms with Crippen LogP contribution in [0.15, 0.2) is 79.1 Å². The van der Waals surface area contributed by atoms with Crippen LogP contribution < -0.4 is 0 Å². The van der Waals surface area contributed by atoms with E-state index in [4.69, 9.17) is 4.98 Å². The molecule has 154 valence electrons. The summed E-state index contributed by atoms with van der Waals surface area (Å²) in [5.74, 6) is 0. The van der Waals surface area contributed by atoms with E-state index >= 15 is 0 Å². The third kappa shape index (κ3) is 4.09. The molecule has 5 aromatic heterocycles. The van der Waals surface area contributed by atoms with Gasteiger partial charge < -0.3 is 0 Å². The summed E-state index contributed by atoms with van der Waals surface area (Å²) in [5, 5.41) is 17.4. The van der Waals surface area contributed by atoms with Gasteiger partial charge in [-0.3, -0.25) is 9.97 Å². The van der Waals surface area contributed by atoms with Gasteiger partial charge in [0.2, 0.25) is 0 Å². The number of rotatable bonds is 4. The molecule has 0 radical (unpaired) electrons. The van der Waals surface area contributed by atoms with E-state index in [0.29, 0.717) is 22.8 Å². The van der Waals surface area contributed by atoms with Gasteiger partial charge in [0, 0.05) is 12.4 Å². The van der Waals surface area contributed by atoms with Crippen molar-refractivity contribution in [3.05, 3.63) is 90.3 Å². The van der Waals surface area contributed by atoms with Gasteiger partial charge in [-0.25, -0.2) is 4.98 Å². The van der Waals surface area contributed by atoms with Crippen molar-refractivity contribution in [1.29, 1.82) is 0 Å². The molecule has 32 heavy (non-hydrogen) atoms. The van der Waals surface area contributed by atoms with Crippen molar-refractivity contribution in [2.24, 2.45) is 0 Å². The molecule has 0 unspecified atom stereocenters. The average molecular weight is 417 g/mol. The van der Waals surface area contributed by atoms with Crippen LogP contribution in [-0.2, 0) is 0 Å². The molecule has 0 aliphatic carbocycles. The van der Waals surface area contributed by atoms with Crippen LogP contribution in [0.25, 0.3) is 45.6 Å². The molecule has 0 saturated carbocycles. The second kappa shape index (κ2) is 8.39. The zero-order valence-electron chi connectivity index (χ0n) is 17.6. The third-order valence-electron chi connectivity index (χ3n) is 4.96. The fourth-order valence-electron chi connectivity index (χ4n) is 3.28. The molecular weight excluding hydrogens is 398 g/mol. The highest BCUT2D eigenvalue weighted by molar-refractivity contribution is 5.64. The Labute approximate surface area is 185 Å². The summed E-state index contributed by atoms with van der Waals surface area (Å²) in [6.45, 7) is 4.05. The maximum Gasteiger partial charge on any atom is 0.111 e. The monoisotopic (exact) mass is 417 g/mol. The lowest BCUT2D eigenvalue weighted by Gasteiger charge is -2.05. The highest BCUT2D eigenvalue weighted by Gasteiger charge is 2.09. The Kier molecular flexibility index (Phi) is 5.13. The summed E-state index contributed by atoms with van der Waals surface area (Å²) < 4.78 is 0. The minimum Gasteiger partial charge on any atom is -0.255 e. The number of aromatic nitrogens is 7. The van der Waals surface area contributed by atoms with Crippen molar-refractivity contribution in [3.8, 4) is 45.6 Å². The average Bonchev–Trinajstić information content (AvgIpc) is 2.84. The number of hydrogen-bond donors (Lipinski definition) is 0. The minimum absolute atomic E-state index is 0.678. The molecule has 7 nitrogen and oxygen atoms in total. The summed E-state index contributed by atoms with van der Waals surface area (Å²) in [7, 11) is 0. The highest BCUT2D eigenvalue weighted by Crippen LogP contribution is 2.23. The van der Waals surface area contributed by atoms with E-state index in [1.54, 1.807) is 12.4 Å². The van der Waals surface area contributed by atoms with Crippen LogP contribution in [0.3, 0.4) is 0 Å². The summed E-state index contributed by atoms with van der Waals surface area (Å²) in [5.41, 5.74) is 8.07. The fraction of sp³-hybridized carbons (Fsp3) is 0.0800. The Hall–Kier alpha value is -4.39. The minimum atomic E-state index is 0.678. The Morgan fingerprint density at radius 2 is 0.844 bits per heavy atom. The molecule has 0 fully saturated rings.